The Kier molecular flexibility index (Phi) is 7.08. The molecule has 1 amide bonds. The van der Waals surface area contributed by atoms with Crippen molar-refractivity contribution in [3.05, 3.63) is 48.0 Å². The molecular weight excluding hydrogens is 290 g/mol. The molecule has 0 N–H and O–H groups in total. The molecule has 0 aliphatic heterocycles. The fraction of sp³-hybridized carbons (Fsp3) is 0.368. The summed E-state index contributed by atoms with van der Waals surface area (Å²) in [7, 11) is 1.68. The number of esters is 1. The van der Waals surface area contributed by atoms with Gasteiger partial charge in [-0.15, -0.1) is 5.92 Å². The zero-order valence-electron chi connectivity index (χ0n) is 14.1. The topological polar surface area (TPSA) is 46.6 Å². The summed E-state index contributed by atoms with van der Waals surface area (Å²) in [4.78, 5) is 25.4. The minimum Gasteiger partial charge on any atom is -0.455 e. The lowest BCUT2D eigenvalue weighted by molar-refractivity contribution is -0.152. The first kappa shape index (κ1) is 18.5. The van der Waals surface area contributed by atoms with Gasteiger partial charge in [-0.3, -0.25) is 9.59 Å². The molecule has 4 nitrogen and oxygen atoms in total. The molecule has 0 bridgehead atoms. The van der Waals surface area contributed by atoms with Crippen LogP contribution in [0.5, 0.6) is 0 Å². The minimum absolute atomic E-state index is 0.201. The van der Waals surface area contributed by atoms with Gasteiger partial charge in [0.2, 0.25) is 5.91 Å². The van der Waals surface area contributed by atoms with Gasteiger partial charge in [0, 0.05) is 26.0 Å². The lowest BCUT2D eigenvalue weighted by Crippen LogP contribution is -2.40. The molecule has 1 aromatic carbocycles. The average Bonchev–Trinajstić information content (AvgIpc) is 2.56. The van der Waals surface area contributed by atoms with Crippen LogP contribution >= 0.6 is 0 Å². The molecule has 0 unspecified atom stereocenters. The molecule has 0 radical (unpaired) electrons. The van der Waals surface area contributed by atoms with Crippen molar-refractivity contribution in [2.45, 2.75) is 39.3 Å². The van der Waals surface area contributed by atoms with E-state index >= 15 is 0 Å². The fourth-order valence-corrected chi connectivity index (χ4v) is 2.17. The van der Waals surface area contributed by atoms with Crippen molar-refractivity contribution in [2.75, 3.05) is 7.05 Å². The molecule has 0 fully saturated rings. The van der Waals surface area contributed by atoms with Crippen LogP contribution < -0.4 is 0 Å². The quantitative estimate of drug-likeness (QED) is 0.460. The number of nitrogens with zero attached hydrogens (tertiary/aromatic N) is 1. The predicted molar refractivity (Wildman–Crippen MR) is 90.4 cm³/mol. The van der Waals surface area contributed by atoms with Crippen LogP contribution in [0.1, 0.15) is 38.9 Å². The summed E-state index contributed by atoms with van der Waals surface area (Å²) in [6.45, 7) is 8.71. The number of likely N-dealkylation sites (N-methyl/N-ethyl adjacent to an activating group) is 1. The van der Waals surface area contributed by atoms with E-state index in [4.69, 9.17) is 4.74 Å². The van der Waals surface area contributed by atoms with Gasteiger partial charge in [-0.05, 0) is 19.4 Å². The van der Waals surface area contributed by atoms with Gasteiger partial charge >= 0.3 is 5.97 Å². The highest BCUT2D eigenvalue weighted by Crippen LogP contribution is 2.25. The van der Waals surface area contributed by atoms with E-state index in [-0.39, 0.29) is 17.9 Å². The smallest absolute Gasteiger partial charge is 0.303 e. The molecule has 0 aromatic heterocycles. The van der Waals surface area contributed by atoms with E-state index in [1.54, 1.807) is 18.9 Å². The van der Waals surface area contributed by atoms with E-state index in [0.717, 1.165) is 5.56 Å². The van der Waals surface area contributed by atoms with Crippen molar-refractivity contribution in [3.8, 4) is 11.8 Å². The van der Waals surface area contributed by atoms with Gasteiger partial charge in [0.1, 0.15) is 6.10 Å². The zero-order chi connectivity index (χ0) is 17.4. The minimum atomic E-state index is -0.535. The van der Waals surface area contributed by atoms with E-state index in [2.05, 4.69) is 18.4 Å². The molecule has 1 aromatic rings. The predicted octanol–water partition coefficient (Wildman–Crippen LogP) is 3.11. The maximum absolute atomic E-state index is 12.4. The van der Waals surface area contributed by atoms with Crippen LogP contribution in [0.4, 0.5) is 0 Å². The van der Waals surface area contributed by atoms with Gasteiger partial charge in [0.05, 0.1) is 6.04 Å². The standard InChI is InChI=1S/C19H23NO3/c1-6-7-11-14(2)19(22)20(5)15(3)18(23-16(4)21)17-12-9-8-10-13-17/h8-10,12-13,15,18H,2,11H2,1,3-5H3/t15-,18+/m1/s1. The first-order valence-electron chi connectivity index (χ1n) is 7.45. The summed E-state index contributed by atoms with van der Waals surface area (Å²) in [6, 6.07) is 9.05. The highest BCUT2D eigenvalue weighted by Gasteiger charge is 2.29. The number of carbonyl (C=O) groups excluding carboxylic acids is 2. The largest absolute Gasteiger partial charge is 0.455 e. The van der Waals surface area contributed by atoms with Gasteiger partial charge in [-0.2, -0.15) is 0 Å². The van der Waals surface area contributed by atoms with Crippen molar-refractivity contribution in [2.24, 2.45) is 0 Å². The fourth-order valence-electron chi connectivity index (χ4n) is 2.17. The first-order valence-corrected chi connectivity index (χ1v) is 7.45. The van der Waals surface area contributed by atoms with E-state index in [1.807, 2.05) is 37.3 Å². The summed E-state index contributed by atoms with van der Waals surface area (Å²) in [5, 5.41) is 0. The molecule has 4 heteroatoms. The lowest BCUT2D eigenvalue weighted by atomic mass is 10.0. The number of hydrogen-bond acceptors (Lipinski definition) is 3. The van der Waals surface area contributed by atoms with E-state index in [0.29, 0.717) is 12.0 Å². The molecule has 0 saturated heterocycles. The molecule has 2 atom stereocenters. The number of ether oxygens (including phenoxy) is 1. The van der Waals surface area contributed by atoms with Gasteiger partial charge in [-0.1, -0.05) is 42.8 Å². The number of hydrogen-bond donors (Lipinski definition) is 0. The molecule has 0 spiro atoms. The van der Waals surface area contributed by atoms with E-state index in [9.17, 15) is 9.59 Å². The summed E-state index contributed by atoms with van der Waals surface area (Å²) in [5.74, 6) is 4.99. The SMILES string of the molecule is C=C(CC#CC)C(=O)N(C)[C@H](C)[C@H](OC(C)=O)c1ccccc1. The molecule has 122 valence electrons. The van der Waals surface area contributed by atoms with Crippen LogP contribution in [0.2, 0.25) is 0 Å². The molecular formula is C19H23NO3. The maximum atomic E-state index is 12.4. The van der Waals surface area contributed by atoms with Crippen LogP contribution in [0.15, 0.2) is 42.5 Å². The van der Waals surface area contributed by atoms with Gasteiger partial charge in [0.25, 0.3) is 0 Å². The highest BCUT2D eigenvalue weighted by molar-refractivity contribution is 5.93. The summed E-state index contributed by atoms with van der Waals surface area (Å²) in [5.41, 5.74) is 1.26. The van der Waals surface area contributed by atoms with Gasteiger partial charge in [0.15, 0.2) is 0 Å². The number of carbonyl (C=O) groups is 2. The number of benzene rings is 1. The summed E-state index contributed by atoms with van der Waals surface area (Å²) in [6.07, 6.45) is -0.205. The van der Waals surface area contributed by atoms with Crippen molar-refractivity contribution in [1.29, 1.82) is 0 Å². The first-order chi connectivity index (χ1) is 10.9. The average molecular weight is 313 g/mol. The molecule has 0 aliphatic rings. The Hall–Kier alpha value is -2.54. The van der Waals surface area contributed by atoms with Crippen LogP contribution in [-0.4, -0.2) is 29.9 Å². The van der Waals surface area contributed by atoms with Crippen molar-refractivity contribution in [1.82, 2.24) is 4.90 Å². The number of amides is 1. The normalized spacial score (nSPS) is 12.3. The third-order valence-electron chi connectivity index (χ3n) is 3.57. The third-order valence-corrected chi connectivity index (χ3v) is 3.57. The van der Waals surface area contributed by atoms with E-state index < -0.39 is 6.10 Å². The zero-order valence-corrected chi connectivity index (χ0v) is 14.1. The van der Waals surface area contributed by atoms with Crippen LogP contribution in [0.3, 0.4) is 0 Å². The maximum Gasteiger partial charge on any atom is 0.303 e. The molecule has 0 saturated carbocycles. The second-order valence-electron chi connectivity index (χ2n) is 5.30. The van der Waals surface area contributed by atoms with Crippen molar-refractivity contribution in [3.63, 3.8) is 0 Å². The number of rotatable bonds is 6. The Bertz CT molecular complexity index is 625. The van der Waals surface area contributed by atoms with Crippen LogP contribution in [0, 0.1) is 11.8 Å². The monoisotopic (exact) mass is 313 g/mol. The molecule has 0 aliphatic carbocycles. The Morgan fingerprint density at radius 1 is 1.30 bits per heavy atom. The Labute approximate surface area is 138 Å². The van der Waals surface area contributed by atoms with Gasteiger partial charge < -0.3 is 9.64 Å². The van der Waals surface area contributed by atoms with Crippen LogP contribution in [-0.2, 0) is 14.3 Å². The van der Waals surface area contributed by atoms with Crippen LogP contribution in [0.25, 0.3) is 0 Å². The Balaban J connectivity index is 2.97. The molecule has 23 heavy (non-hydrogen) atoms. The van der Waals surface area contributed by atoms with Crippen molar-refractivity contribution < 1.29 is 14.3 Å². The second kappa shape index (κ2) is 8.79. The Morgan fingerprint density at radius 2 is 1.91 bits per heavy atom. The summed E-state index contributed by atoms with van der Waals surface area (Å²) < 4.78 is 5.44. The molecule has 1 rings (SSSR count). The third kappa shape index (κ3) is 5.30. The van der Waals surface area contributed by atoms with Gasteiger partial charge in [-0.25, -0.2) is 0 Å². The molecule has 0 heterocycles. The lowest BCUT2D eigenvalue weighted by Gasteiger charge is -2.32. The Morgan fingerprint density at radius 3 is 2.43 bits per heavy atom. The summed E-state index contributed by atoms with van der Waals surface area (Å²) >= 11 is 0. The van der Waals surface area contributed by atoms with Crippen molar-refractivity contribution >= 4 is 11.9 Å². The second-order valence-corrected chi connectivity index (χ2v) is 5.30. The van der Waals surface area contributed by atoms with E-state index in [1.165, 1.54) is 6.92 Å². The highest BCUT2D eigenvalue weighted by atomic mass is 16.5.